The van der Waals surface area contributed by atoms with E-state index in [1.54, 1.807) is 24.4 Å². The molecule has 0 bridgehead atoms. The topological polar surface area (TPSA) is 38.1 Å². The number of halogens is 3. The van der Waals surface area contributed by atoms with Crippen LogP contribution in [0.15, 0.2) is 59.3 Å². The Bertz CT molecular complexity index is 760. The number of nitrogens with zero attached hydrogens (tertiary/aromatic N) is 1. The zero-order valence-corrected chi connectivity index (χ0v) is 14.4. The fourth-order valence-electron chi connectivity index (χ4n) is 2.14. The summed E-state index contributed by atoms with van der Waals surface area (Å²) in [4.78, 5) is 4.08. The van der Waals surface area contributed by atoms with Crippen LogP contribution < -0.4 is 17.7 Å². The van der Waals surface area contributed by atoms with E-state index in [0.29, 0.717) is 22.4 Å². The van der Waals surface area contributed by atoms with Gasteiger partial charge in [0.15, 0.2) is 0 Å². The predicted octanol–water partition coefficient (Wildman–Crippen LogP) is 1.94. The minimum atomic E-state index is 0. The molecule has 0 radical (unpaired) electrons. The lowest BCUT2D eigenvalue weighted by Gasteiger charge is -2.03. The van der Waals surface area contributed by atoms with E-state index in [2.05, 4.69) is 10.3 Å². The molecule has 0 unspecified atom stereocenters. The standard InChI is InChI=1S/C17H14Cl2N2O.ClH/c18-13-3-5-16(19)15(8-13)17-6-4-14(22-17)11-21-10-12-2-1-7-20-9-12;/h1-9,21H,10-11H2;1H/p-1. The van der Waals surface area contributed by atoms with Crippen molar-refractivity contribution in [2.24, 2.45) is 0 Å². The Kier molecular flexibility index (Phi) is 6.48. The Hall–Kier alpha value is -1.52. The van der Waals surface area contributed by atoms with Crippen LogP contribution in [0.4, 0.5) is 0 Å². The van der Waals surface area contributed by atoms with Crippen LogP contribution in [0, 0.1) is 0 Å². The Morgan fingerprint density at radius 1 is 1.04 bits per heavy atom. The highest BCUT2D eigenvalue weighted by molar-refractivity contribution is 6.35. The van der Waals surface area contributed by atoms with Gasteiger partial charge in [0.2, 0.25) is 0 Å². The normalized spacial score (nSPS) is 10.3. The van der Waals surface area contributed by atoms with Crippen molar-refractivity contribution >= 4 is 23.2 Å². The quantitative estimate of drug-likeness (QED) is 0.748. The molecule has 0 spiro atoms. The van der Waals surface area contributed by atoms with Gasteiger partial charge in [-0.2, -0.15) is 0 Å². The molecule has 2 aromatic heterocycles. The van der Waals surface area contributed by atoms with E-state index < -0.39 is 0 Å². The average molecular weight is 369 g/mol. The van der Waals surface area contributed by atoms with E-state index in [-0.39, 0.29) is 12.4 Å². The van der Waals surface area contributed by atoms with Crippen LogP contribution >= 0.6 is 23.2 Å². The molecule has 0 saturated carbocycles. The molecule has 1 N–H and O–H groups in total. The van der Waals surface area contributed by atoms with Gasteiger partial charge in [-0.3, -0.25) is 4.98 Å². The molecule has 0 aliphatic heterocycles. The van der Waals surface area contributed by atoms with Crippen LogP contribution in [0.1, 0.15) is 11.3 Å². The predicted molar refractivity (Wildman–Crippen MR) is 88.9 cm³/mol. The summed E-state index contributed by atoms with van der Waals surface area (Å²) in [6.07, 6.45) is 3.60. The molecule has 0 fully saturated rings. The number of aromatic nitrogens is 1. The van der Waals surface area contributed by atoms with E-state index in [4.69, 9.17) is 27.6 Å². The van der Waals surface area contributed by atoms with Crippen LogP contribution in [0.3, 0.4) is 0 Å². The smallest absolute Gasteiger partial charge is 0.135 e. The SMILES string of the molecule is Clc1ccc(Cl)c(-c2ccc(CNCc3cccnc3)o2)c1.[Cl-]. The summed E-state index contributed by atoms with van der Waals surface area (Å²) in [6, 6.07) is 13.1. The average Bonchev–Trinajstić information content (AvgIpc) is 2.99. The van der Waals surface area contributed by atoms with Crippen LogP contribution in [-0.2, 0) is 13.1 Å². The summed E-state index contributed by atoms with van der Waals surface area (Å²) < 4.78 is 5.82. The lowest BCUT2D eigenvalue weighted by molar-refractivity contribution is -0.00000486. The maximum atomic E-state index is 6.18. The molecule has 2 heterocycles. The Morgan fingerprint density at radius 3 is 2.70 bits per heavy atom. The molecule has 1 aromatic carbocycles. The Labute approximate surface area is 151 Å². The largest absolute Gasteiger partial charge is 1.00 e. The number of rotatable bonds is 5. The first-order valence-electron chi connectivity index (χ1n) is 6.86. The van der Waals surface area contributed by atoms with Crippen LogP contribution in [0.2, 0.25) is 10.0 Å². The van der Waals surface area contributed by atoms with Gasteiger partial charge >= 0.3 is 0 Å². The molecule has 6 heteroatoms. The molecule has 0 aliphatic rings. The van der Waals surface area contributed by atoms with Gasteiger partial charge in [-0.05, 0) is 42.0 Å². The summed E-state index contributed by atoms with van der Waals surface area (Å²) in [7, 11) is 0. The first kappa shape index (κ1) is 17.8. The summed E-state index contributed by atoms with van der Waals surface area (Å²) >= 11 is 12.2. The molecule has 120 valence electrons. The van der Waals surface area contributed by atoms with Crippen LogP contribution in [0.25, 0.3) is 11.3 Å². The van der Waals surface area contributed by atoms with Crippen molar-refractivity contribution in [1.29, 1.82) is 0 Å². The second-order valence-electron chi connectivity index (χ2n) is 4.85. The minimum Gasteiger partial charge on any atom is -1.00 e. The molecular weight excluding hydrogens is 355 g/mol. The maximum absolute atomic E-state index is 6.18. The number of hydrogen-bond acceptors (Lipinski definition) is 3. The van der Waals surface area contributed by atoms with E-state index >= 15 is 0 Å². The van der Waals surface area contributed by atoms with Gasteiger partial charge in [0, 0.05) is 29.5 Å². The molecule has 0 aliphatic carbocycles. The molecule has 0 atom stereocenters. The fraction of sp³-hybridized carbons (Fsp3) is 0.118. The molecule has 0 amide bonds. The second kappa shape index (κ2) is 8.37. The van der Waals surface area contributed by atoms with Crippen molar-refractivity contribution in [1.82, 2.24) is 10.3 Å². The van der Waals surface area contributed by atoms with Gasteiger partial charge in [0.05, 0.1) is 11.6 Å². The van der Waals surface area contributed by atoms with Gasteiger partial charge in [-0.25, -0.2) is 0 Å². The van der Waals surface area contributed by atoms with Gasteiger partial charge in [-0.1, -0.05) is 29.3 Å². The van der Waals surface area contributed by atoms with Gasteiger partial charge in [-0.15, -0.1) is 0 Å². The third-order valence-corrected chi connectivity index (χ3v) is 3.77. The number of benzene rings is 1. The van der Waals surface area contributed by atoms with E-state index in [9.17, 15) is 0 Å². The number of nitrogens with one attached hydrogen (secondary N) is 1. The highest BCUT2D eigenvalue weighted by atomic mass is 35.5. The number of furan rings is 1. The van der Waals surface area contributed by atoms with E-state index in [0.717, 1.165) is 23.4 Å². The van der Waals surface area contributed by atoms with Crippen LogP contribution in [0.5, 0.6) is 0 Å². The number of hydrogen-bond donors (Lipinski definition) is 1. The summed E-state index contributed by atoms with van der Waals surface area (Å²) in [5, 5.41) is 4.57. The first-order chi connectivity index (χ1) is 10.7. The summed E-state index contributed by atoms with van der Waals surface area (Å²) in [6.45, 7) is 1.37. The van der Waals surface area contributed by atoms with Crippen molar-refractivity contribution in [2.45, 2.75) is 13.1 Å². The molecular formula is C17H14Cl3N2O-. The zero-order valence-electron chi connectivity index (χ0n) is 12.1. The van der Waals surface area contributed by atoms with Crippen molar-refractivity contribution in [3.8, 4) is 11.3 Å². The lowest BCUT2D eigenvalue weighted by atomic mass is 10.2. The molecule has 3 rings (SSSR count). The third-order valence-electron chi connectivity index (χ3n) is 3.21. The van der Waals surface area contributed by atoms with Gasteiger partial charge in [0.1, 0.15) is 11.5 Å². The monoisotopic (exact) mass is 367 g/mol. The van der Waals surface area contributed by atoms with Crippen molar-refractivity contribution in [3.05, 3.63) is 76.2 Å². The highest BCUT2D eigenvalue weighted by Gasteiger charge is 2.09. The fourth-order valence-corrected chi connectivity index (χ4v) is 2.52. The summed E-state index contributed by atoms with van der Waals surface area (Å²) in [5.74, 6) is 1.56. The van der Waals surface area contributed by atoms with Crippen LogP contribution in [-0.4, -0.2) is 4.98 Å². The van der Waals surface area contributed by atoms with E-state index in [1.165, 1.54) is 0 Å². The second-order valence-corrected chi connectivity index (χ2v) is 5.70. The minimum absolute atomic E-state index is 0. The number of pyridine rings is 1. The van der Waals surface area contributed by atoms with Gasteiger partial charge < -0.3 is 22.1 Å². The Morgan fingerprint density at radius 2 is 1.91 bits per heavy atom. The zero-order chi connectivity index (χ0) is 15.4. The lowest BCUT2D eigenvalue weighted by Crippen LogP contribution is -3.00. The molecule has 3 aromatic rings. The Balaban J connectivity index is 0.00000192. The molecule has 0 saturated heterocycles. The summed E-state index contributed by atoms with van der Waals surface area (Å²) in [5.41, 5.74) is 1.93. The van der Waals surface area contributed by atoms with E-state index in [1.807, 2.05) is 30.5 Å². The van der Waals surface area contributed by atoms with Crippen molar-refractivity contribution in [2.75, 3.05) is 0 Å². The van der Waals surface area contributed by atoms with Crippen molar-refractivity contribution in [3.63, 3.8) is 0 Å². The highest BCUT2D eigenvalue weighted by Crippen LogP contribution is 2.31. The van der Waals surface area contributed by atoms with Crippen molar-refractivity contribution < 1.29 is 16.8 Å². The first-order valence-corrected chi connectivity index (χ1v) is 7.62. The third kappa shape index (κ3) is 4.72. The van der Waals surface area contributed by atoms with Gasteiger partial charge in [0.25, 0.3) is 0 Å². The maximum Gasteiger partial charge on any atom is 0.135 e. The molecule has 23 heavy (non-hydrogen) atoms. The molecule has 3 nitrogen and oxygen atoms in total.